The molecule has 0 atom stereocenters. The second-order valence-corrected chi connectivity index (χ2v) is 8.46. The molecular formula is C16H14N4O2S3. The third-order valence-corrected chi connectivity index (χ3v) is 6.75. The van der Waals surface area contributed by atoms with Crippen LogP contribution in [0.1, 0.15) is 16.3 Å². The number of nitrogens with zero attached hydrogens (tertiary/aromatic N) is 4. The first kappa shape index (κ1) is 16.5. The second-order valence-electron chi connectivity index (χ2n) is 5.54. The lowest BCUT2D eigenvalue weighted by molar-refractivity contribution is 0.425. The van der Waals surface area contributed by atoms with Crippen molar-refractivity contribution in [2.75, 3.05) is 0 Å². The molecule has 4 aromatic rings. The van der Waals surface area contributed by atoms with Gasteiger partial charge < -0.3 is 4.52 Å². The largest absolute Gasteiger partial charge is 0.334 e. The van der Waals surface area contributed by atoms with Gasteiger partial charge in [0.2, 0.25) is 0 Å². The summed E-state index contributed by atoms with van der Waals surface area (Å²) < 4.78 is 6.88. The Labute approximate surface area is 155 Å². The summed E-state index contributed by atoms with van der Waals surface area (Å²) in [7, 11) is 1.75. The fourth-order valence-corrected chi connectivity index (χ4v) is 4.95. The molecule has 25 heavy (non-hydrogen) atoms. The van der Waals surface area contributed by atoms with Crippen molar-refractivity contribution in [2.45, 2.75) is 24.8 Å². The summed E-state index contributed by atoms with van der Waals surface area (Å²) in [4.78, 5) is 23.6. The van der Waals surface area contributed by atoms with Crippen LogP contribution in [0.3, 0.4) is 0 Å². The van der Waals surface area contributed by atoms with Crippen LogP contribution in [-0.4, -0.2) is 19.7 Å². The smallest absolute Gasteiger partial charge is 0.262 e. The maximum atomic E-state index is 12.6. The number of aromatic nitrogens is 4. The number of hydrogen-bond donors (Lipinski definition) is 0. The summed E-state index contributed by atoms with van der Waals surface area (Å²) in [5, 5.41) is 9.30. The molecule has 0 N–H and O–H groups in total. The van der Waals surface area contributed by atoms with E-state index >= 15 is 0 Å². The van der Waals surface area contributed by atoms with Crippen molar-refractivity contribution in [3.8, 4) is 11.5 Å². The third-order valence-electron chi connectivity index (χ3n) is 3.94. The summed E-state index contributed by atoms with van der Waals surface area (Å²) in [6.45, 7) is 3.98. The van der Waals surface area contributed by atoms with E-state index in [9.17, 15) is 4.79 Å². The van der Waals surface area contributed by atoms with Crippen LogP contribution in [0.25, 0.3) is 21.7 Å². The molecule has 4 rings (SSSR count). The monoisotopic (exact) mass is 390 g/mol. The summed E-state index contributed by atoms with van der Waals surface area (Å²) in [5.41, 5.74) is 1.93. The first-order valence-electron chi connectivity index (χ1n) is 7.49. The minimum absolute atomic E-state index is 0.0126. The van der Waals surface area contributed by atoms with E-state index in [2.05, 4.69) is 15.1 Å². The molecule has 0 spiro atoms. The van der Waals surface area contributed by atoms with Crippen LogP contribution in [0.5, 0.6) is 0 Å². The van der Waals surface area contributed by atoms with Gasteiger partial charge in [-0.15, -0.1) is 11.3 Å². The number of fused-ring (bicyclic) bond motifs is 1. The van der Waals surface area contributed by atoms with E-state index in [0.29, 0.717) is 28.0 Å². The Morgan fingerprint density at radius 3 is 2.92 bits per heavy atom. The molecule has 4 aromatic heterocycles. The Morgan fingerprint density at radius 2 is 2.16 bits per heavy atom. The molecular weight excluding hydrogens is 376 g/mol. The van der Waals surface area contributed by atoms with E-state index in [0.717, 1.165) is 20.8 Å². The highest BCUT2D eigenvalue weighted by Crippen LogP contribution is 2.29. The van der Waals surface area contributed by atoms with Gasteiger partial charge in [-0.3, -0.25) is 9.36 Å². The maximum Gasteiger partial charge on any atom is 0.262 e. The highest BCUT2D eigenvalue weighted by molar-refractivity contribution is 7.98. The molecule has 0 aromatic carbocycles. The molecule has 0 aliphatic rings. The van der Waals surface area contributed by atoms with Crippen LogP contribution in [0.2, 0.25) is 0 Å². The van der Waals surface area contributed by atoms with E-state index in [1.165, 1.54) is 11.8 Å². The molecule has 6 nitrogen and oxygen atoms in total. The van der Waals surface area contributed by atoms with Crippen LogP contribution < -0.4 is 5.56 Å². The van der Waals surface area contributed by atoms with Gasteiger partial charge in [0.05, 0.1) is 16.7 Å². The first-order chi connectivity index (χ1) is 12.0. The van der Waals surface area contributed by atoms with Gasteiger partial charge >= 0.3 is 0 Å². The van der Waals surface area contributed by atoms with Crippen molar-refractivity contribution in [1.29, 1.82) is 0 Å². The van der Waals surface area contributed by atoms with Crippen molar-refractivity contribution < 1.29 is 4.52 Å². The van der Waals surface area contributed by atoms with Gasteiger partial charge in [-0.25, -0.2) is 4.98 Å². The van der Waals surface area contributed by atoms with Crippen molar-refractivity contribution in [3.05, 3.63) is 43.4 Å². The Kier molecular flexibility index (Phi) is 4.22. The molecule has 9 heteroatoms. The van der Waals surface area contributed by atoms with Gasteiger partial charge in [-0.05, 0) is 30.9 Å². The molecule has 128 valence electrons. The highest BCUT2D eigenvalue weighted by Gasteiger charge is 2.16. The van der Waals surface area contributed by atoms with Crippen LogP contribution in [-0.2, 0) is 12.8 Å². The first-order valence-corrected chi connectivity index (χ1v) is 10.2. The lowest BCUT2D eigenvalue weighted by Gasteiger charge is -2.05. The van der Waals surface area contributed by atoms with Gasteiger partial charge in [-0.1, -0.05) is 16.9 Å². The number of hydrogen-bond acceptors (Lipinski definition) is 8. The topological polar surface area (TPSA) is 73.8 Å². The predicted molar refractivity (Wildman–Crippen MR) is 102 cm³/mol. The van der Waals surface area contributed by atoms with Crippen molar-refractivity contribution in [3.63, 3.8) is 0 Å². The number of thioether (sulfide) groups is 1. The molecule has 0 aliphatic heterocycles. The predicted octanol–water partition coefficient (Wildman–Crippen LogP) is 4.02. The third kappa shape index (κ3) is 2.92. The van der Waals surface area contributed by atoms with Gasteiger partial charge in [-0.2, -0.15) is 16.3 Å². The van der Waals surface area contributed by atoms with E-state index < -0.39 is 0 Å². The summed E-state index contributed by atoms with van der Waals surface area (Å²) in [6.07, 6.45) is 0. The van der Waals surface area contributed by atoms with Crippen molar-refractivity contribution in [1.82, 2.24) is 19.7 Å². The van der Waals surface area contributed by atoms with Gasteiger partial charge in [0.15, 0.2) is 11.0 Å². The summed E-state index contributed by atoms with van der Waals surface area (Å²) in [5.74, 6) is 1.58. The summed E-state index contributed by atoms with van der Waals surface area (Å²) >= 11 is 4.57. The molecule has 0 radical (unpaired) electrons. The summed E-state index contributed by atoms with van der Waals surface area (Å²) in [6, 6.07) is 1.94. The molecule has 0 unspecified atom stereocenters. The number of rotatable bonds is 4. The Morgan fingerprint density at radius 1 is 1.32 bits per heavy atom. The Balaban J connectivity index is 1.61. The highest BCUT2D eigenvalue weighted by atomic mass is 32.2. The second kappa shape index (κ2) is 6.40. The van der Waals surface area contributed by atoms with Gasteiger partial charge in [0.1, 0.15) is 4.83 Å². The maximum absolute atomic E-state index is 12.6. The zero-order valence-corrected chi connectivity index (χ0v) is 16.2. The van der Waals surface area contributed by atoms with Crippen LogP contribution in [0.4, 0.5) is 0 Å². The molecule has 0 aliphatic carbocycles. The standard InChI is InChI=1S/C16H14N4O2S3/c1-8-9(2)25-14-12(8)15(21)20(3)16(18-14)24-7-11-17-13(22-19-11)10-4-5-23-6-10/h4-6H,7H2,1-3H3. The van der Waals surface area contributed by atoms with E-state index in [-0.39, 0.29) is 5.56 Å². The molecule has 0 saturated heterocycles. The lowest BCUT2D eigenvalue weighted by atomic mass is 10.2. The van der Waals surface area contributed by atoms with E-state index in [1.54, 1.807) is 34.3 Å². The zero-order chi connectivity index (χ0) is 17.6. The van der Waals surface area contributed by atoms with Crippen molar-refractivity contribution in [2.24, 2.45) is 7.05 Å². The Bertz CT molecular complexity index is 1110. The van der Waals surface area contributed by atoms with Crippen LogP contribution in [0, 0.1) is 13.8 Å². The fraction of sp³-hybridized carbons (Fsp3) is 0.250. The fourth-order valence-electron chi connectivity index (χ4n) is 2.43. The quantitative estimate of drug-likeness (QED) is 0.387. The van der Waals surface area contributed by atoms with Gasteiger partial charge in [0.25, 0.3) is 11.4 Å². The van der Waals surface area contributed by atoms with E-state index in [1.807, 2.05) is 30.7 Å². The minimum atomic E-state index is -0.0126. The molecule has 0 fully saturated rings. The Hall–Kier alpha value is -1.97. The normalized spacial score (nSPS) is 11.5. The number of aryl methyl sites for hydroxylation is 2. The molecule has 0 saturated carbocycles. The SMILES string of the molecule is Cc1sc2nc(SCc3noc(-c4ccsc4)n3)n(C)c(=O)c2c1C. The molecule has 4 heterocycles. The average Bonchev–Trinajstić information content (AvgIpc) is 3.31. The zero-order valence-electron chi connectivity index (χ0n) is 13.8. The minimum Gasteiger partial charge on any atom is -0.334 e. The van der Waals surface area contributed by atoms with Crippen LogP contribution >= 0.6 is 34.4 Å². The van der Waals surface area contributed by atoms with E-state index in [4.69, 9.17) is 4.52 Å². The van der Waals surface area contributed by atoms with Gasteiger partial charge in [0, 0.05) is 17.3 Å². The molecule has 0 amide bonds. The van der Waals surface area contributed by atoms with Crippen LogP contribution in [0.15, 0.2) is 31.3 Å². The molecule has 0 bridgehead atoms. The lowest BCUT2D eigenvalue weighted by Crippen LogP contribution is -2.19. The van der Waals surface area contributed by atoms with Crippen molar-refractivity contribution >= 4 is 44.7 Å². The number of thiophene rings is 2. The average molecular weight is 391 g/mol.